The molecule has 0 aromatic heterocycles. The molecule has 0 fully saturated rings. The van der Waals surface area contributed by atoms with Crippen molar-refractivity contribution < 1.29 is 0 Å². The molecular weight excluding hydrogens is 244 g/mol. The van der Waals surface area contributed by atoms with Gasteiger partial charge in [0, 0.05) is 0 Å². The normalized spacial score (nSPS) is 12.7. The van der Waals surface area contributed by atoms with Crippen LogP contribution in [-0.2, 0) is 0 Å². The van der Waals surface area contributed by atoms with E-state index in [9.17, 15) is 0 Å². The van der Waals surface area contributed by atoms with Gasteiger partial charge in [-0.2, -0.15) is 11.1 Å². The molecule has 0 heterocycles. The van der Waals surface area contributed by atoms with E-state index in [0.29, 0.717) is 5.04 Å². The van der Waals surface area contributed by atoms with Crippen LogP contribution in [0.25, 0.3) is 0 Å². The number of halogens is 1. The van der Waals surface area contributed by atoms with Crippen molar-refractivity contribution in [2.24, 2.45) is 0 Å². The van der Waals surface area contributed by atoms with Gasteiger partial charge in [-0.3, -0.25) is 0 Å². The molecule has 2 heteroatoms. The summed E-state index contributed by atoms with van der Waals surface area (Å²) in [5.74, 6) is 0. The average Bonchev–Trinajstić information content (AvgIpc) is 2.31. The summed E-state index contributed by atoms with van der Waals surface area (Å²) in [7, 11) is -0.342. The molecule has 0 aliphatic carbocycles. The van der Waals surface area contributed by atoms with E-state index in [-0.39, 0.29) is 8.83 Å². The van der Waals surface area contributed by atoms with Gasteiger partial charge in [0.25, 0.3) is 0 Å². The smallest absolute Gasteiger partial charge is 0.130 e. The van der Waals surface area contributed by atoms with Crippen LogP contribution in [0.3, 0.4) is 0 Å². The first-order chi connectivity index (χ1) is 8.12. The van der Waals surface area contributed by atoms with Crippen LogP contribution in [0.15, 0.2) is 0 Å². The van der Waals surface area contributed by atoms with Crippen LogP contribution in [0.4, 0.5) is 0 Å². The van der Waals surface area contributed by atoms with E-state index in [1.165, 1.54) is 70.6 Å². The highest BCUT2D eigenvalue weighted by atomic mass is 35.6. The molecule has 0 saturated heterocycles. The van der Waals surface area contributed by atoms with Crippen molar-refractivity contribution in [1.82, 2.24) is 0 Å². The third-order valence-corrected chi connectivity index (χ3v) is 6.82. The summed E-state index contributed by atoms with van der Waals surface area (Å²) in [5.41, 5.74) is 0. The number of unbranched alkanes of at least 4 members (excludes halogenated alkanes) is 9. The highest BCUT2D eigenvalue weighted by molar-refractivity contribution is 6.95. The van der Waals surface area contributed by atoms with E-state index in [2.05, 4.69) is 20.8 Å². The van der Waals surface area contributed by atoms with Gasteiger partial charge in [-0.1, -0.05) is 85.0 Å². The van der Waals surface area contributed by atoms with Crippen molar-refractivity contribution in [3.8, 4) is 0 Å². The fraction of sp³-hybridized carbons (Fsp3) is 1.00. The van der Waals surface area contributed by atoms with Crippen molar-refractivity contribution in [3.05, 3.63) is 0 Å². The molecule has 17 heavy (non-hydrogen) atoms. The summed E-state index contributed by atoms with van der Waals surface area (Å²) in [6, 6.07) is 0. The zero-order chi connectivity index (χ0) is 13.0. The first kappa shape index (κ1) is 17.5. The van der Waals surface area contributed by atoms with E-state index >= 15 is 0 Å². The van der Waals surface area contributed by atoms with Crippen molar-refractivity contribution in [3.63, 3.8) is 0 Å². The van der Waals surface area contributed by atoms with Crippen LogP contribution in [0, 0.1) is 0 Å². The molecule has 0 unspecified atom stereocenters. The highest BCUT2D eigenvalue weighted by Crippen LogP contribution is 2.31. The van der Waals surface area contributed by atoms with Gasteiger partial charge >= 0.3 is 0 Å². The van der Waals surface area contributed by atoms with E-state index in [1.54, 1.807) is 0 Å². The van der Waals surface area contributed by atoms with Gasteiger partial charge in [-0.15, -0.1) is 0 Å². The van der Waals surface area contributed by atoms with Crippen LogP contribution in [0.2, 0.25) is 5.04 Å². The summed E-state index contributed by atoms with van der Waals surface area (Å²) in [4.78, 5) is 0. The largest absolute Gasteiger partial charge is 0.176 e. The summed E-state index contributed by atoms with van der Waals surface area (Å²) >= 11 is 6.06. The average molecular weight is 277 g/mol. The van der Waals surface area contributed by atoms with Gasteiger partial charge in [0.05, 0.1) is 0 Å². The molecule has 0 N–H and O–H groups in total. The molecule has 0 spiro atoms. The Kier molecular flexibility index (Phi) is 11.9. The number of rotatable bonds is 12. The maximum absolute atomic E-state index is 6.06. The lowest BCUT2D eigenvalue weighted by molar-refractivity contribution is 0.516. The molecule has 0 atom stereocenters. The van der Waals surface area contributed by atoms with Crippen molar-refractivity contribution in [2.45, 2.75) is 96.4 Å². The Hall–Kier alpha value is 0.507. The molecule has 0 bridgehead atoms. The fourth-order valence-corrected chi connectivity index (χ4v) is 2.94. The summed E-state index contributed by atoms with van der Waals surface area (Å²) < 4.78 is 0. The Morgan fingerprint density at radius 3 is 1.59 bits per heavy atom. The second-order valence-electron chi connectivity index (χ2n) is 6.23. The monoisotopic (exact) mass is 276 g/mol. The van der Waals surface area contributed by atoms with Gasteiger partial charge in [0.2, 0.25) is 0 Å². The molecule has 0 rings (SSSR count). The van der Waals surface area contributed by atoms with Gasteiger partial charge < -0.3 is 0 Å². The van der Waals surface area contributed by atoms with Crippen molar-refractivity contribution in [2.75, 3.05) is 0 Å². The first-order valence-corrected chi connectivity index (χ1v) is 10.5. The SMILES string of the molecule is CCCCCCCCCCCCC(C)(C)[SiH2]Cl. The van der Waals surface area contributed by atoms with Crippen LogP contribution < -0.4 is 0 Å². The van der Waals surface area contributed by atoms with Crippen LogP contribution in [0.5, 0.6) is 0 Å². The number of hydrogen-bond donors (Lipinski definition) is 0. The molecule has 0 amide bonds. The summed E-state index contributed by atoms with van der Waals surface area (Å²) in [5, 5.41) is 0.488. The Labute approximate surface area is 116 Å². The maximum Gasteiger partial charge on any atom is 0.130 e. The lowest BCUT2D eigenvalue weighted by Gasteiger charge is -2.20. The quantitative estimate of drug-likeness (QED) is 0.239. The molecule has 0 nitrogen and oxygen atoms in total. The zero-order valence-corrected chi connectivity index (χ0v) is 14.5. The van der Waals surface area contributed by atoms with Gasteiger partial charge in [-0.25, -0.2) is 0 Å². The Bertz CT molecular complexity index is 157. The summed E-state index contributed by atoms with van der Waals surface area (Å²) in [6.45, 7) is 6.95. The van der Waals surface area contributed by atoms with E-state index < -0.39 is 0 Å². The minimum absolute atomic E-state index is 0.342. The third-order valence-electron chi connectivity index (χ3n) is 3.57. The van der Waals surface area contributed by atoms with Gasteiger partial charge in [0.1, 0.15) is 8.83 Å². The first-order valence-electron chi connectivity index (χ1n) is 7.68. The van der Waals surface area contributed by atoms with E-state index in [4.69, 9.17) is 11.1 Å². The molecule has 0 aromatic carbocycles. The predicted molar refractivity (Wildman–Crippen MR) is 84.9 cm³/mol. The molecule has 0 saturated carbocycles. The third kappa shape index (κ3) is 12.7. The van der Waals surface area contributed by atoms with Crippen LogP contribution in [-0.4, -0.2) is 8.83 Å². The van der Waals surface area contributed by atoms with Crippen molar-refractivity contribution in [1.29, 1.82) is 0 Å². The van der Waals surface area contributed by atoms with E-state index in [1.807, 2.05) is 0 Å². The number of hydrogen-bond acceptors (Lipinski definition) is 0. The topological polar surface area (TPSA) is 0 Å². The summed E-state index contributed by atoms with van der Waals surface area (Å²) in [6.07, 6.45) is 15.7. The molecule has 0 aliphatic rings. The van der Waals surface area contributed by atoms with Crippen molar-refractivity contribution >= 4 is 19.9 Å². The molecule has 0 aromatic rings. The zero-order valence-electron chi connectivity index (χ0n) is 12.4. The molecular formula is C15H33ClSi. The second-order valence-corrected chi connectivity index (χ2v) is 9.21. The standard InChI is InChI=1S/C15H33ClSi/c1-4-5-6-7-8-9-10-11-12-13-14-15(2,3)17-16/h4-14,17H2,1-3H3. The van der Waals surface area contributed by atoms with Crippen LogP contribution in [0.1, 0.15) is 91.4 Å². The lowest BCUT2D eigenvalue weighted by atomic mass is 10.0. The lowest BCUT2D eigenvalue weighted by Crippen LogP contribution is -2.07. The Morgan fingerprint density at radius 1 is 0.765 bits per heavy atom. The molecule has 0 radical (unpaired) electrons. The Balaban J connectivity index is 3.09. The minimum Gasteiger partial charge on any atom is -0.176 e. The predicted octanol–water partition coefficient (Wildman–Crippen LogP) is 5.82. The molecule has 0 aliphatic heterocycles. The van der Waals surface area contributed by atoms with Crippen LogP contribution >= 0.6 is 11.1 Å². The second kappa shape index (κ2) is 11.6. The Morgan fingerprint density at radius 2 is 1.18 bits per heavy atom. The highest BCUT2D eigenvalue weighted by Gasteiger charge is 2.15. The molecule has 104 valence electrons. The maximum atomic E-state index is 6.06. The van der Waals surface area contributed by atoms with Gasteiger partial charge in [0.15, 0.2) is 0 Å². The van der Waals surface area contributed by atoms with E-state index in [0.717, 1.165) is 0 Å². The van der Waals surface area contributed by atoms with Gasteiger partial charge in [-0.05, 0) is 11.5 Å². The fourth-order valence-electron chi connectivity index (χ4n) is 2.16. The minimum atomic E-state index is -0.342.